The van der Waals surface area contributed by atoms with Gasteiger partial charge in [0, 0.05) is 4.47 Å². The highest BCUT2D eigenvalue weighted by atomic mass is 79.9. The van der Waals surface area contributed by atoms with E-state index in [9.17, 15) is 9.18 Å². The second-order valence-corrected chi connectivity index (χ2v) is 4.94. The maximum absolute atomic E-state index is 12.8. The molecule has 3 N–H and O–H groups in total. The predicted molar refractivity (Wildman–Crippen MR) is 76.5 cm³/mol. The number of nitrogens with two attached hydrogens (primary N) is 1. The van der Waals surface area contributed by atoms with Crippen molar-refractivity contribution >= 4 is 21.8 Å². The molecule has 20 heavy (non-hydrogen) atoms. The van der Waals surface area contributed by atoms with Gasteiger partial charge in [0.25, 0.3) is 5.91 Å². The molecule has 0 saturated heterocycles. The molecule has 0 aromatic heterocycles. The lowest BCUT2D eigenvalue weighted by molar-refractivity contribution is 0.0949. The minimum Gasteiger partial charge on any atom is -0.488 e. The van der Waals surface area contributed by atoms with Crippen LogP contribution >= 0.6 is 15.9 Å². The quantitative estimate of drug-likeness (QED) is 0.511. The Kier molecular flexibility index (Phi) is 4.70. The van der Waals surface area contributed by atoms with E-state index < -0.39 is 5.91 Å². The van der Waals surface area contributed by atoms with Crippen LogP contribution in [0.4, 0.5) is 4.39 Å². The Morgan fingerprint density at radius 3 is 2.60 bits per heavy atom. The molecular formula is C14H12BrFN2O2. The van der Waals surface area contributed by atoms with Crippen molar-refractivity contribution < 1.29 is 13.9 Å². The zero-order valence-electron chi connectivity index (χ0n) is 10.4. The van der Waals surface area contributed by atoms with Gasteiger partial charge in [-0.05, 0) is 35.9 Å². The first-order chi connectivity index (χ1) is 9.60. The van der Waals surface area contributed by atoms with Gasteiger partial charge in [-0.1, -0.05) is 28.1 Å². The van der Waals surface area contributed by atoms with Crippen molar-refractivity contribution in [3.8, 4) is 5.75 Å². The molecule has 0 bridgehead atoms. The number of nitrogens with one attached hydrogen (secondary N) is 1. The van der Waals surface area contributed by atoms with Crippen LogP contribution in [0.25, 0.3) is 0 Å². The smallest absolute Gasteiger partial charge is 0.268 e. The van der Waals surface area contributed by atoms with Crippen molar-refractivity contribution in [2.75, 3.05) is 0 Å². The first-order valence-electron chi connectivity index (χ1n) is 5.78. The SMILES string of the molecule is NNC(=O)c1cc(Br)ccc1OCc1ccc(F)cc1. The highest BCUT2D eigenvalue weighted by Crippen LogP contribution is 2.24. The summed E-state index contributed by atoms with van der Waals surface area (Å²) in [6.07, 6.45) is 0. The number of ether oxygens (including phenoxy) is 1. The number of hydrazine groups is 1. The Labute approximate surface area is 123 Å². The van der Waals surface area contributed by atoms with Crippen LogP contribution in [0.15, 0.2) is 46.9 Å². The molecule has 0 aliphatic carbocycles. The third-order valence-electron chi connectivity index (χ3n) is 2.62. The summed E-state index contributed by atoms with van der Waals surface area (Å²) < 4.78 is 19.1. The van der Waals surface area contributed by atoms with Gasteiger partial charge in [-0.15, -0.1) is 0 Å². The molecule has 0 aliphatic rings. The fourth-order valence-electron chi connectivity index (χ4n) is 1.62. The summed E-state index contributed by atoms with van der Waals surface area (Å²) in [5, 5.41) is 0. The Morgan fingerprint density at radius 2 is 1.95 bits per heavy atom. The Morgan fingerprint density at radius 1 is 1.25 bits per heavy atom. The van der Waals surface area contributed by atoms with E-state index >= 15 is 0 Å². The highest BCUT2D eigenvalue weighted by molar-refractivity contribution is 9.10. The fraction of sp³-hybridized carbons (Fsp3) is 0.0714. The number of benzene rings is 2. The van der Waals surface area contributed by atoms with E-state index in [4.69, 9.17) is 10.6 Å². The van der Waals surface area contributed by atoms with Gasteiger partial charge in [0.1, 0.15) is 18.2 Å². The van der Waals surface area contributed by atoms with Crippen molar-refractivity contribution in [2.24, 2.45) is 5.84 Å². The second-order valence-electron chi connectivity index (χ2n) is 4.03. The van der Waals surface area contributed by atoms with Crippen molar-refractivity contribution in [3.63, 3.8) is 0 Å². The van der Waals surface area contributed by atoms with Crippen molar-refractivity contribution in [3.05, 3.63) is 63.9 Å². The Balaban J connectivity index is 2.16. The summed E-state index contributed by atoms with van der Waals surface area (Å²) in [5.41, 5.74) is 3.19. The first kappa shape index (κ1) is 14.5. The largest absolute Gasteiger partial charge is 0.488 e. The Bertz CT molecular complexity index is 617. The number of carbonyl (C=O) groups is 1. The van der Waals surface area contributed by atoms with E-state index in [1.807, 2.05) is 0 Å². The van der Waals surface area contributed by atoms with Gasteiger partial charge in [-0.25, -0.2) is 10.2 Å². The molecular weight excluding hydrogens is 327 g/mol. The standard InChI is InChI=1S/C14H12BrFN2O2/c15-10-3-6-13(12(7-10)14(19)18-17)20-8-9-1-4-11(16)5-2-9/h1-7H,8,17H2,(H,18,19). The third-order valence-corrected chi connectivity index (χ3v) is 3.12. The lowest BCUT2D eigenvalue weighted by Gasteiger charge is -2.11. The molecule has 0 fully saturated rings. The minimum absolute atomic E-state index is 0.229. The lowest BCUT2D eigenvalue weighted by Crippen LogP contribution is -2.30. The molecule has 0 aliphatic heterocycles. The predicted octanol–water partition coefficient (Wildman–Crippen LogP) is 2.77. The van der Waals surface area contributed by atoms with Crippen LogP contribution in [0.5, 0.6) is 5.75 Å². The van der Waals surface area contributed by atoms with Gasteiger partial charge in [-0.2, -0.15) is 0 Å². The molecule has 0 heterocycles. The molecule has 2 aromatic rings. The topological polar surface area (TPSA) is 64.3 Å². The number of rotatable bonds is 4. The minimum atomic E-state index is -0.444. The summed E-state index contributed by atoms with van der Waals surface area (Å²) >= 11 is 3.28. The number of carbonyl (C=O) groups excluding carboxylic acids is 1. The monoisotopic (exact) mass is 338 g/mol. The zero-order chi connectivity index (χ0) is 14.5. The maximum Gasteiger partial charge on any atom is 0.268 e. The van der Waals surface area contributed by atoms with E-state index in [0.717, 1.165) is 10.0 Å². The van der Waals surface area contributed by atoms with E-state index in [1.54, 1.807) is 30.3 Å². The van der Waals surface area contributed by atoms with Crippen LogP contribution < -0.4 is 16.0 Å². The van der Waals surface area contributed by atoms with E-state index in [1.165, 1.54) is 12.1 Å². The molecule has 0 unspecified atom stereocenters. The highest BCUT2D eigenvalue weighted by Gasteiger charge is 2.12. The van der Waals surface area contributed by atoms with Crippen molar-refractivity contribution in [1.82, 2.24) is 5.43 Å². The Hall–Kier alpha value is -1.92. The number of hydrogen-bond acceptors (Lipinski definition) is 3. The molecule has 2 rings (SSSR count). The summed E-state index contributed by atoms with van der Waals surface area (Å²) in [6.45, 7) is 0.229. The second kappa shape index (κ2) is 6.49. The van der Waals surface area contributed by atoms with Crippen molar-refractivity contribution in [1.29, 1.82) is 0 Å². The van der Waals surface area contributed by atoms with Crippen LogP contribution in [0.3, 0.4) is 0 Å². The molecule has 0 radical (unpaired) electrons. The average molecular weight is 339 g/mol. The van der Waals surface area contributed by atoms with Crippen LogP contribution in [-0.4, -0.2) is 5.91 Å². The molecule has 0 saturated carbocycles. The van der Waals surface area contributed by atoms with Gasteiger partial charge in [-0.3, -0.25) is 10.2 Å². The normalized spacial score (nSPS) is 10.2. The first-order valence-corrected chi connectivity index (χ1v) is 6.57. The van der Waals surface area contributed by atoms with Gasteiger partial charge in [0.05, 0.1) is 5.56 Å². The van der Waals surface area contributed by atoms with Gasteiger partial charge in [0.15, 0.2) is 0 Å². The molecule has 0 atom stereocenters. The number of nitrogen functional groups attached to an aromatic ring is 1. The third kappa shape index (κ3) is 3.55. The van der Waals surface area contributed by atoms with Gasteiger partial charge in [0.2, 0.25) is 0 Å². The molecule has 2 aromatic carbocycles. The number of halogens is 2. The maximum atomic E-state index is 12.8. The summed E-state index contributed by atoms with van der Waals surface area (Å²) in [5.74, 6) is 4.79. The van der Waals surface area contributed by atoms with E-state index in [2.05, 4.69) is 21.4 Å². The van der Waals surface area contributed by atoms with Crippen LogP contribution in [0.2, 0.25) is 0 Å². The number of amides is 1. The molecule has 104 valence electrons. The average Bonchev–Trinajstić information content (AvgIpc) is 2.46. The molecule has 1 amide bonds. The fourth-order valence-corrected chi connectivity index (χ4v) is 1.99. The summed E-state index contributed by atoms with van der Waals surface area (Å²) in [6, 6.07) is 11.0. The van der Waals surface area contributed by atoms with Crippen LogP contribution in [0, 0.1) is 5.82 Å². The molecule has 6 heteroatoms. The number of hydrogen-bond donors (Lipinski definition) is 2. The van der Waals surface area contributed by atoms with E-state index in [-0.39, 0.29) is 12.4 Å². The summed E-state index contributed by atoms with van der Waals surface area (Å²) in [4.78, 5) is 11.7. The van der Waals surface area contributed by atoms with Crippen LogP contribution in [-0.2, 0) is 6.61 Å². The van der Waals surface area contributed by atoms with Crippen LogP contribution in [0.1, 0.15) is 15.9 Å². The lowest BCUT2D eigenvalue weighted by atomic mass is 10.2. The van der Waals surface area contributed by atoms with Gasteiger partial charge < -0.3 is 4.74 Å². The van der Waals surface area contributed by atoms with E-state index in [0.29, 0.717) is 11.3 Å². The van der Waals surface area contributed by atoms with Crippen molar-refractivity contribution in [2.45, 2.75) is 6.61 Å². The van der Waals surface area contributed by atoms with Gasteiger partial charge >= 0.3 is 0 Å². The summed E-state index contributed by atoms with van der Waals surface area (Å²) in [7, 11) is 0. The zero-order valence-corrected chi connectivity index (χ0v) is 12.0. The molecule has 0 spiro atoms. The molecule has 4 nitrogen and oxygen atoms in total.